The smallest absolute Gasteiger partial charge is 0.307 e. The van der Waals surface area contributed by atoms with Crippen molar-refractivity contribution < 1.29 is 30.0 Å². The van der Waals surface area contributed by atoms with Crippen molar-refractivity contribution in [2.45, 2.75) is 19.4 Å². The lowest BCUT2D eigenvalue weighted by molar-refractivity contribution is -0.136. The van der Waals surface area contributed by atoms with E-state index in [1.807, 2.05) is 0 Å². The van der Waals surface area contributed by atoms with Crippen molar-refractivity contribution in [1.29, 1.82) is 0 Å². The largest absolute Gasteiger partial charge is 0.481 e. The standard InChI is InChI=1S/C6H10O4.C2H4O2/c7-4-5(8)2-1-3-6(9)10;1-2(3)4/h1-2,5,7-8H,3-4H2,(H,9,10);1H3,(H,3,4). The Bertz CT molecular complexity index is 194. The monoisotopic (exact) mass is 206 g/mol. The summed E-state index contributed by atoms with van der Waals surface area (Å²) >= 11 is 0. The first-order chi connectivity index (χ1) is 6.40. The van der Waals surface area contributed by atoms with Gasteiger partial charge in [0.2, 0.25) is 0 Å². The average molecular weight is 206 g/mol. The molecule has 0 rings (SSSR count). The van der Waals surface area contributed by atoms with E-state index in [2.05, 4.69) is 0 Å². The van der Waals surface area contributed by atoms with Gasteiger partial charge in [0, 0.05) is 6.92 Å². The number of hydrogen-bond donors (Lipinski definition) is 4. The molecule has 0 aromatic carbocycles. The molecule has 0 saturated carbocycles. The van der Waals surface area contributed by atoms with E-state index >= 15 is 0 Å². The minimum Gasteiger partial charge on any atom is -0.481 e. The van der Waals surface area contributed by atoms with E-state index in [1.165, 1.54) is 12.2 Å². The van der Waals surface area contributed by atoms with Crippen LogP contribution in [0.5, 0.6) is 0 Å². The first-order valence-corrected chi connectivity index (χ1v) is 3.77. The van der Waals surface area contributed by atoms with Crippen LogP contribution >= 0.6 is 0 Å². The van der Waals surface area contributed by atoms with E-state index in [0.717, 1.165) is 6.92 Å². The SMILES string of the molecule is CC(=O)O.O=C(O)CC=CC(O)CO. The van der Waals surface area contributed by atoms with Gasteiger partial charge in [-0.2, -0.15) is 0 Å². The van der Waals surface area contributed by atoms with Crippen LogP contribution in [-0.2, 0) is 9.59 Å². The fourth-order valence-corrected chi connectivity index (χ4v) is 0.387. The number of carbonyl (C=O) groups is 2. The lowest BCUT2D eigenvalue weighted by atomic mass is 10.3. The second-order valence-electron chi connectivity index (χ2n) is 2.29. The fraction of sp³-hybridized carbons (Fsp3) is 0.500. The molecule has 0 bridgehead atoms. The highest BCUT2D eigenvalue weighted by atomic mass is 16.4. The van der Waals surface area contributed by atoms with Gasteiger partial charge in [0.1, 0.15) is 0 Å². The van der Waals surface area contributed by atoms with E-state index in [-0.39, 0.29) is 13.0 Å². The van der Waals surface area contributed by atoms with Crippen LogP contribution in [0.25, 0.3) is 0 Å². The minimum atomic E-state index is -0.957. The van der Waals surface area contributed by atoms with Gasteiger partial charge in [-0.3, -0.25) is 9.59 Å². The molecule has 6 heteroatoms. The molecule has 0 radical (unpaired) electrons. The molecular formula is C8H14O6. The van der Waals surface area contributed by atoms with E-state index < -0.39 is 18.0 Å². The number of aliphatic hydroxyl groups excluding tert-OH is 2. The summed E-state index contributed by atoms with van der Waals surface area (Å²) in [4.78, 5) is 18.9. The molecular weight excluding hydrogens is 192 g/mol. The Morgan fingerprint density at radius 1 is 1.36 bits per heavy atom. The summed E-state index contributed by atoms with van der Waals surface area (Å²) in [5.41, 5.74) is 0. The molecule has 82 valence electrons. The predicted molar refractivity (Wildman–Crippen MR) is 47.8 cm³/mol. The van der Waals surface area contributed by atoms with Crippen molar-refractivity contribution >= 4 is 11.9 Å². The van der Waals surface area contributed by atoms with Crippen LogP contribution in [0.2, 0.25) is 0 Å². The molecule has 0 aliphatic heterocycles. The lowest BCUT2D eigenvalue weighted by Gasteiger charge is -1.96. The first-order valence-electron chi connectivity index (χ1n) is 3.77. The molecule has 0 saturated heterocycles. The molecule has 0 aliphatic carbocycles. The second kappa shape index (κ2) is 9.69. The molecule has 6 nitrogen and oxygen atoms in total. The molecule has 14 heavy (non-hydrogen) atoms. The topological polar surface area (TPSA) is 115 Å². The van der Waals surface area contributed by atoms with Gasteiger partial charge in [0.05, 0.1) is 19.1 Å². The lowest BCUT2D eigenvalue weighted by Crippen LogP contribution is -2.07. The molecule has 0 aromatic rings. The summed E-state index contributed by atoms with van der Waals surface area (Å²) in [6.07, 6.45) is 1.47. The van der Waals surface area contributed by atoms with Crippen LogP contribution in [0.3, 0.4) is 0 Å². The molecule has 4 N–H and O–H groups in total. The summed E-state index contributed by atoms with van der Waals surface area (Å²) in [6.45, 7) is 0.704. The van der Waals surface area contributed by atoms with Crippen LogP contribution < -0.4 is 0 Å². The summed E-state index contributed by atoms with van der Waals surface area (Å²) in [5, 5.41) is 32.4. The predicted octanol–water partition coefficient (Wildman–Crippen LogP) is -0.539. The quantitative estimate of drug-likeness (QED) is 0.459. The maximum atomic E-state index is 9.87. The minimum absolute atomic E-state index is 0.128. The molecule has 0 heterocycles. The molecule has 1 unspecified atom stereocenters. The highest BCUT2D eigenvalue weighted by Gasteiger charge is 1.94. The summed E-state index contributed by atoms with van der Waals surface area (Å²) in [7, 11) is 0. The van der Waals surface area contributed by atoms with Gasteiger partial charge < -0.3 is 20.4 Å². The van der Waals surface area contributed by atoms with Gasteiger partial charge in [-0.25, -0.2) is 0 Å². The number of carboxylic acid groups (broad SMARTS) is 2. The number of aliphatic hydroxyl groups is 2. The average Bonchev–Trinajstić information content (AvgIpc) is 2.02. The zero-order valence-corrected chi connectivity index (χ0v) is 7.75. The Hall–Kier alpha value is -1.40. The van der Waals surface area contributed by atoms with Crippen LogP contribution in [0, 0.1) is 0 Å². The van der Waals surface area contributed by atoms with Crippen LogP contribution in [-0.4, -0.2) is 45.1 Å². The number of aliphatic carboxylic acids is 2. The summed E-state index contributed by atoms with van der Waals surface area (Å²) in [5.74, 6) is -1.79. The normalized spacial score (nSPS) is 11.6. The van der Waals surface area contributed by atoms with E-state index in [9.17, 15) is 4.79 Å². The van der Waals surface area contributed by atoms with Gasteiger partial charge in [0.15, 0.2) is 0 Å². The molecule has 0 aromatic heterocycles. The molecule has 0 fully saturated rings. The Balaban J connectivity index is 0. The highest BCUT2D eigenvalue weighted by Crippen LogP contribution is 1.87. The molecule has 0 aliphatic rings. The maximum absolute atomic E-state index is 9.87. The van der Waals surface area contributed by atoms with Crippen molar-refractivity contribution in [3.8, 4) is 0 Å². The summed E-state index contributed by atoms with van der Waals surface area (Å²) < 4.78 is 0. The second-order valence-corrected chi connectivity index (χ2v) is 2.29. The van der Waals surface area contributed by atoms with Gasteiger partial charge in [0.25, 0.3) is 5.97 Å². The molecule has 1 atom stereocenters. The highest BCUT2D eigenvalue weighted by molar-refractivity contribution is 5.68. The van der Waals surface area contributed by atoms with Crippen molar-refractivity contribution in [2.75, 3.05) is 6.61 Å². The zero-order valence-electron chi connectivity index (χ0n) is 7.75. The maximum Gasteiger partial charge on any atom is 0.307 e. The zero-order chi connectivity index (χ0) is 11.6. The molecule has 0 amide bonds. The van der Waals surface area contributed by atoms with Crippen molar-refractivity contribution in [3.63, 3.8) is 0 Å². The van der Waals surface area contributed by atoms with Crippen LogP contribution in [0.4, 0.5) is 0 Å². The van der Waals surface area contributed by atoms with Crippen molar-refractivity contribution in [2.24, 2.45) is 0 Å². The van der Waals surface area contributed by atoms with Gasteiger partial charge in [-0.15, -0.1) is 0 Å². The van der Waals surface area contributed by atoms with Crippen molar-refractivity contribution in [1.82, 2.24) is 0 Å². The van der Waals surface area contributed by atoms with E-state index in [0.29, 0.717) is 0 Å². The third-order valence-corrected chi connectivity index (χ3v) is 0.838. The van der Waals surface area contributed by atoms with Crippen LogP contribution in [0.15, 0.2) is 12.2 Å². The Morgan fingerprint density at radius 3 is 2.07 bits per heavy atom. The van der Waals surface area contributed by atoms with E-state index in [1.54, 1.807) is 0 Å². The van der Waals surface area contributed by atoms with E-state index in [4.69, 9.17) is 25.2 Å². The Kier molecular flexibility index (Phi) is 10.4. The van der Waals surface area contributed by atoms with Crippen molar-refractivity contribution in [3.05, 3.63) is 12.2 Å². The third kappa shape index (κ3) is 22.4. The van der Waals surface area contributed by atoms with Gasteiger partial charge in [-0.05, 0) is 0 Å². The molecule has 0 spiro atoms. The number of carboxylic acids is 2. The van der Waals surface area contributed by atoms with Crippen LogP contribution in [0.1, 0.15) is 13.3 Å². The first kappa shape index (κ1) is 15.1. The third-order valence-electron chi connectivity index (χ3n) is 0.838. The number of rotatable bonds is 4. The number of hydrogen-bond acceptors (Lipinski definition) is 4. The Morgan fingerprint density at radius 2 is 1.79 bits per heavy atom. The Labute approximate surface area is 81.1 Å². The fourth-order valence-electron chi connectivity index (χ4n) is 0.387. The summed E-state index contributed by atoms with van der Waals surface area (Å²) in [6, 6.07) is 0. The van der Waals surface area contributed by atoms with Gasteiger partial charge in [-0.1, -0.05) is 12.2 Å². The van der Waals surface area contributed by atoms with Gasteiger partial charge >= 0.3 is 5.97 Å².